The lowest BCUT2D eigenvalue weighted by molar-refractivity contribution is -0.141. The van der Waals surface area contributed by atoms with E-state index in [0.29, 0.717) is 0 Å². The predicted octanol–water partition coefficient (Wildman–Crippen LogP) is 1.82. The van der Waals surface area contributed by atoms with E-state index in [1.807, 2.05) is 0 Å². The molecule has 0 fully saturated rings. The van der Waals surface area contributed by atoms with Crippen LogP contribution in [0.5, 0.6) is 0 Å². The Balaban J connectivity index is 3.27. The van der Waals surface area contributed by atoms with E-state index in [9.17, 15) is 13.2 Å². The first-order chi connectivity index (χ1) is 6.95. The Hall–Kier alpha value is -1.29. The maximum atomic E-state index is 12.4. The molecule has 7 heteroatoms. The van der Waals surface area contributed by atoms with Gasteiger partial charge in [-0.1, -0.05) is 27.8 Å². The van der Waals surface area contributed by atoms with Crippen LogP contribution in [0.25, 0.3) is 0 Å². The molecule has 0 saturated carbocycles. The Morgan fingerprint density at radius 2 is 2.13 bits per heavy atom. The Kier molecular flexibility index (Phi) is 3.52. The minimum absolute atomic E-state index is 0.272. The monoisotopic (exact) mass is 279 g/mol. The molecule has 15 heavy (non-hydrogen) atoms. The first-order valence-corrected chi connectivity index (χ1v) is 4.82. The molecule has 0 aliphatic rings. The van der Waals surface area contributed by atoms with Crippen LogP contribution in [0.4, 0.5) is 19.1 Å². The lowest BCUT2D eigenvalue weighted by atomic mass is 10.2. The normalized spacial score (nSPS) is 10.7. The van der Waals surface area contributed by atoms with Crippen molar-refractivity contribution in [1.29, 1.82) is 0 Å². The van der Waals surface area contributed by atoms with E-state index in [-0.39, 0.29) is 10.9 Å². The van der Waals surface area contributed by atoms with E-state index in [4.69, 9.17) is 5.73 Å². The Bertz CT molecular complexity index is 419. The molecule has 2 N–H and O–H groups in total. The average Bonchev–Trinajstić information content (AvgIpc) is 2.14. The fraction of sp³-hybridized carbons (Fsp3) is 0.250. The summed E-state index contributed by atoms with van der Waals surface area (Å²) in [5, 5.41) is 0.272. The molecule has 0 atom stereocenters. The number of hydrogen-bond acceptors (Lipinski definition) is 3. The summed E-state index contributed by atoms with van der Waals surface area (Å²) in [6, 6.07) is 0. The van der Waals surface area contributed by atoms with Gasteiger partial charge in [-0.3, -0.25) is 0 Å². The van der Waals surface area contributed by atoms with Crippen LogP contribution >= 0.6 is 15.9 Å². The molecule has 1 aromatic heterocycles. The molecule has 80 valence electrons. The summed E-state index contributed by atoms with van der Waals surface area (Å²) in [6.45, 7) is 0. The van der Waals surface area contributed by atoms with Crippen molar-refractivity contribution in [2.24, 2.45) is 0 Å². The molecule has 0 radical (unpaired) electrons. The van der Waals surface area contributed by atoms with Crippen molar-refractivity contribution < 1.29 is 13.2 Å². The first-order valence-electron chi connectivity index (χ1n) is 3.69. The molecule has 0 spiro atoms. The quantitative estimate of drug-likeness (QED) is 0.582. The maximum Gasteiger partial charge on any atom is 0.434 e. The summed E-state index contributed by atoms with van der Waals surface area (Å²) >= 11 is 2.98. The summed E-state index contributed by atoms with van der Waals surface area (Å²) in [5.41, 5.74) is 3.68. The van der Waals surface area contributed by atoms with Gasteiger partial charge < -0.3 is 5.73 Å². The lowest BCUT2D eigenvalue weighted by Crippen LogP contribution is -2.13. The average molecular weight is 280 g/mol. The molecule has 0 aliphatic heterocycles. The predicted molar refractivity (Wildman–Crippen MR) is 52.1 cm³/mol. The molecule has 1 heterocycles. The largest absolute Gasteiger partial charge is 0.434 e. The maximum absolute atomic E-state index is 12.4. The molecule has 0 aromatic carbocycles. The highest BCUT2D eigenvalue weighted by atomic mass is 79.9. The number of alkyl halides is 4. The number of halogens is 4. The van der Waals surface area contributed by atoms with Gasteiger partial charge >= 0.3 is 6.18 Å². The molecule has 1 aromatic rings. The highest BCUT2D eigenvalue weighted by Crippen LogP contribution is 2.29. The highest BCUT2D eigenvalue weighted by molar-refractivity contribution is 9.09. The third kappa shape index (κ3) is 3.09. The van der Waals surface area contributed by atoms with Gasteiger partial charge in [0, 0.05) is 6.20 Å². The summed E-state index contributed by atoms with van der Waals surface area (Å²) in [7, 11) is 0. The molecule has 0 unspecified atom stereocenters. The second-order valence-electron chi connectivity index (χ2n) is 2.42. The van der Waals surface area contributed by atoms with Crippen molar-refractivity contribution in [2.75, 3.05) is 11.1 Å². The molecule has 0 aliphatic carbocycles. The van der Waals surface area contributed by atoms with Crippen LogP contribution in [0.15, 0.2) is 6.20 Å². The van der Waals surface area contributed by atoms with Crippen LogP contribution in [0.1, 0.15) is 11.3 Å². The summed E-state index contributed by atoms with van der Waals surface area (Å²) in [5.74, 6) is 4.32. The Morgan fingerprint density at radius 3 is 2.67 bits per heavy atom. The molecule has 1 rings (SSSR count). The van der Waals surface area contributed by atoms with Crippen LogP contribution in [-0.4, -0.2) is 15.3 Å². The number of anilines is 1. The van der Waals surface area contributed by atoms with E-state index in [2.05, 4.69) is 37.7 Å². The third-order valence-electron chi connectivity index (χ3n) is 1.37. The smallest absolute Gasteiger partial charge is 0.368 e. The van der Waals surface area contributed by atoms with E-state index >= 15 is 0 Å². The van der Waals surface area contributed by atoms with Crippen molar-refractivity contribution in [2.45, 2.75) is 6.18 Å². The van der Waals surface area contributed by atoms with Crippen LogP contribution in [0.3, 0.4) is 0 Å². The van der Waals surface area contributed by atoms with Crippen LogP contribution in [0.2, 0.25) is 0 Å². The fourth-order valence-electron chi connectivity index (χ4n) is 0.832. The third-order valence-corrected chi connectivity index (χ3v) is 1.65. The highest BCUT2D eigenvalue weighted by Gasteiger charge is 2.35. The van der Waals surface area contributed by atoms with Gasteiger partial charge in [0.2, 0.25) is 5.95 Å². The van der Waals surface area contributed by atoms with E-state index in [1.165, 1.54) is 0 Å². The van der Waals surface area contributed by atoms with E-state index in [1.54, 1.807) is 0 Å². The molecular formula is C8H5BrF3N3. The van der Waals surface area contributed by atoms with Gasteiger partial charge in [0.05, 0.1) is 10.9 Å². The number of hydrogen-bond donors (Lipinski definition) is 1. The standard InChI is InChI=1S/C8H5BrF3N3/c9-3-1-2-5-4-14-7(13)15-6(5)8(10,11)12/h4H,3H2,(H2,13,14,15). The number of nitrogens with two attached hydrogens (primary N) is 1. The number of aromatic nitrogens is 2. The van der Waals surface area contributed by atoms with Crippen molar-refractivity contribution in [1.82, 2.24) is 9.97 Å². The summed E-state index contributed by atoms with van der Waals surface area (Å²) < 4.78 is 37.3. The van der Waals surface area contributed by atoms with Gasteiger partial charge in [-0.15, -0.1) is 0 Å². The summed E-state index contributed by atoms with van der Waals surface area (Å²) in [6.07, 6.45) is -3.62. The van der Waals surface area contributed by atoms with E-state index in [0.717, 1.165) is 6.20 Å². The van der Waals surface area contributed by atoms with Gasteiger partial charge in [-0.2, -0.15) is 13.2 Å². The number of nitrogen functional groups attached to an aromatic ring is 1. The number of rotatable bonds is 0. The van der Waals surface area contributed by atoms with Gasteiger partial charge in [0.25, 0.3) is 0 Å². The van der Waals surface area contributed by atoms with Crippen LogP contribution < -0.4 is 5.73 Å². The van der Waals surface area contributed by atoms with Crippen molar-refractivity contribution >= 4 is 21.9 Å². The minimum Gasteiger partial charge on any atom is -0.368 e. The second kappa shape index (κ2) is 4.49. The van der Waals surface area contributed by atoms with Gasteiger partial charge in [0.15, 0.2) is 5.69 Å². The zero-order valence-electron chi connectivity index (χ0n) is 7.27. The zero-order chi connectivity index (χ0) is 11.5. The molecule has 3 nitrogen and oxygen atoms in total. The number of nitrogens with zero attached hydrogens (tertiary/aromatic N) is 2. The molecule has 0 bridgehead atoms. The van der Waals surface area contributed by atoms with Crippen molar-refractivity contribution in [3.63, 3.8) is 0 Å². The van der Waals surface area contributed by atoms with Crippen LogP contribution in [0, 0.1) is 11.8 Å². The van der Waals surface area contributed by atoms with Crippen molar-refractivity contribution in [3.05, 3.63) is 17.5 Å². The SMILES string of the molecule is Nc1ncc(C#CCBr)c(C(F)(F)F)n1. The van der Waals surface area contributed by atoms with Gasteiger partial charge in [-0.05, 0) is 0 Å². The molecule has 0 saturated heterocycles. The van der Waals surface area contributed by atoms with Gasteiger partial charge in [0.1, 0.15) is 0 Å². The van der Waals surface area contributed by atoms with Crippen molar-refractivity contribution in [3.8, 4) is 11.8 Å². The fourth-order valence-corrected chi connectivity index (χ4v) is 0.972. The first kappa shape index (κ1) is 11.8. The molecular weight excluding hydrogens is 275 g/mol. The Morgan fingerprint density at radius 1 is 1.47 bits per heavy atom. The summed E-state index contributed by atoms with van der Waals surface area (Å²) in [4.78, 5) is 6.58. The minimum atomic E-state index is -4.58. The Labute approximate surface area is 92.0 Å². The zero-order valence-corrected chi connectivity index (χ0v) is 8.85. The topological polar surface area (TPSA) is 51.8 Å². The van der Waals surface area contributed by atoms with Gasteiger partial charge in [-0.25, -0.2) is 9.97 Å². The van der Waals surface area contributed by atoms with E-state index < -0.39 is 17.8 Å². The molecule has 0 amide bonds. The second-order valence-corrected chi connectivity index (χ2v) is 2.98. The lowest BCUT2D eigenvalue weighted by Gasteiger charge is -2.07. The van der Waals surface area contributed by atoms with Crippen LogP contribution in [-0.2, 0) is 6.18 Å².